The number of carbonyl (C=O) groups is 3. The zero-order valence-corrected chi connectivity index (χ0v) is 52.6. The third kappa shape index (κ3) is 65.5. The van der Waals surface area contributed by atoms with Gasteiger partial charge in [0, 0.05) is 19.3 Å². The molecule has 0 heterocycles. The summed E-state index contributed by atoms with van der Waals surface area (Å²) in [7, 11) is 0. The molecule has 1 unspecified atom stereocenters. The summed E-state index contributed by atoms with van der Waals surface area (Å²) in [6.07, 6.45) is 87.8. The molecule has 1 atom stereocenters. The lowest BCUT2D eigenvalue weighted by Crippen LogP contribution is -2.30. The molecule has 0 rings (SSSR count). The highest BCUT2D eigenvalue weighted by Gasteiger charge is 2.19. The number of unbranched alkanes of at least 4 members (excludes halogenated alkanes) is 40. The maximum Gasteiger partial charge on any atom is 0.306 e. The molecule has 6 nitrogen and oxygen atoms in total. The van der Waals surface area contributed by atoms with Crippen LogP contribution in [0.15, 0.2) is 72.9 Å². The smallest absolute Gasteiger partial charge is 0.306 e. The molecule has 458 valence electrons. The van der Waals surface area contributed by atoms with Gasteiger partial charge in [-0.25, -0.2) is 0 Å². The van der Waals surface area contributed by atoms with Crippen molar-refractivity contribution in [1.29, 1.82) is 0 Å². The lowest BCUT2D eigenvalue weighted by molar-refractivity contribution is -0.167. The van der Waals surface area contributed by atoms with Crippen LogP contribution in [0.25, 0.3) is 0 Å². The van der Waals surface area contributed by atoms with E-state index in [1.807, 2.05) is 0 Å². The Labute approximate surface area is 491 Å². The van der Waals surface area contributed by atoms with Crippen LogP contribution in [0.1, 0.15) is 355 Å². The monoisotopic (exact) mass is 1100 g/mol. The van der Waals surface area contributed by atoms with Crippen molar-refractivity contribution < 1.29 is 28.6 Å². The van der Waals surface area contributed by atoms with E-state index in [4.69, 9.17) is 14.2 Å². The Morgan fingerprint density at radius 3 is 0.734 bits per heavy atom. The fourth-order valence-corrected chi connectivity index (χ4v) is 9.99. The predicted molar refractivity (Wildman–Crippen MR) is 344 cm³/mol. The van der Waals surface area contributed by atoms with Gasteiger partial charge in [0.15, 0.2) is 6.10 Å². The fourth-order valence-electron chi connectivity index (χ4n) is 9.99. The van der Waals surface area contributed by atoms with Crippen molar-refractivity contribution in [2.75, 3.05) is 13.2 Å². The zero-order chi connectivity index (χ0) is 57.1. The summed E-state index contributed by atoms with van der Waals surface area (Å²) in [5.74, 6) is -0.872. The summed E-state index contributed by atoms with van der Waals surface area (Å²) in [5.41, 5.74) is 0. The average Bonchev–Trinajstić information content (AvgIpc) is 3.45. The minimum absolute atomic E-state index is 0.0767. The van der Waals surface area contributed by atoms with Crippen LogP contribution in [-0.4, -0.2) is 37.2 Å². The van der Waals surface area contributed by atoms with Crippen molar-refractivity contribution in [3.05, 3.63) is 72.9 Å². The van der Waals surface area contributed by atoms with E-state index in [1.165, 1.54) is 218 Å². The summed E-state index contributed by atoms with van der Waals surface area (Å²) in [6.45, 7) is 6.62. The first kappa shape index (κ1) is 75.8. The highest BCUT2D eigenvalue weighted by Crippen LogP contribution is 2.17. The topological polar surface area (TPSA) is 78.9 Å². The molecular weight excluding hydrogens is 973 g/mol. The number of carbonyl (C=O) groups excluding carboxylic acids is 3. The molecule has 0 aromatic carbocycles. The number of esters is 3. The maximum atomic E-state index is 12.9. The van der Waals surface area contributed by atoms with Gasteiger partial charge in [-0.2, -0.15) is 0 Å². The van der Waals surface area contributed by atoms with Gasteiger partial charge in [0.2, 0.25) is 0 Å². The Hall–Kier alpha value is -3.15. The van der Waals surface area contributed by atoms with E-state index in [0.717, 1.165) is 96.3 Å². The molecule has 0 aromatic rings. The predicted octanol–water partition coefficient (Wildman–Crippen LogP) is 23.7. The fraction of sp³-hybridized carbons (Fsp3) is 0.795. The SMILES string of the molecule is CCCCC/C=C\C/C=C\C/C=C\CCCCCCCCC(=O)OC(COC(=O)CCCCCCCCCCCCC)COC(=O)CCCCCCCCCCCCCCCCCC/C=C\C/C=C\C/C=C\CCCCCCC. The summed E-state index contributed by atoms with van der Waals surface area (Å²) < 4.78 is 16.9. The lowest BCUT2D eigenvalue weighted by Gasteiger charge is -2.18. The molecule has 79 heavy (non-hydrogen) atoms. The van der Waals surface area contributed by atoms with Gasteiger partial charge in [0.05, 0.1) is 0 Å². The van der Waals surface area contributed by atoms with Crippen LogP contribution in [-0.2, 0) is 28.6 Å². The molecule has 0 radical (unpaired) electrons. The summed E-state index contributed by atoms with van der Waals surface area (Å²) in [4.78, 5) is 38.3. The van der Waals surface area contributed by atoms with Crippen LogP contribution in [0.4, 0.5) is 0 Å². The van der Waals surface area contributed by atoms with Gasteiger partial charge in [-0.15, -0.1) is 0 Å². The van der Waals surface area contributed by atoms with Gasteiger partial charge >= 0.3 is 17.9 Å². The number of ether oxygens (including phenoxy) is 3. The van der Waals surface area contributed by atoms with Crippen LogP contribution in [0, 0.1) is 0 Å². The van der Waals surface area contributed by atoms with E-state index in [1.54, 1.807) is 0 Å². The van der Waals surface area contributed by atoms with Gasteiger partial charge in [-0.1, -0.05) is 312 Å². The molecule has 0 saturated heterocycles. The van der Waals surface area contributed by atoms with Crippen molar-refractivity contribution in [1.82, 2.24) is 0 Å². The molecule has 6 heteroatoms. The van der Waals surface area contributed by atoms with Crippen molar-refractivity contribution in [3.63, 3.8) is 0 Å². The number of rotatable bonds is 63. The van der Waals surface area contributed by atoms with E-state index < -0.39 is 6.10 Å². The first-order chi connectivity index (χ1) is 39.0. The molecule has 0 aliphatic rings. The van der Waals surface area contributed by atoms with E-state index in [-0.39, 0.29) is 31.1 Å². The third-order valence-electron chi connectivity index (χ3n) is 15.2. The Morgan fingerprint density at radius 1 is 0.253 bits per heavy atom. The minimum Gasteiger partial charge on any atom is -0.462 e. The van der Waals surface area contributed by atoms with Gasteiger partial charge in [0.25, 0.3) is 0 Å². The van der Waals surface area contributed by atoms with Crippen LogP contribution in [0.3, 0.4) is 0 Å². The van der Waals surface area contributed by atoms with E-state index >= 15 is 0 Å². The van der Waals surface area contributed by atoms with E-state index in [2.05, 4.69) is 93.7 Å². The molecule has 0 aliphatic heterocycles. The summed E-state index contributed by atoms with van der Waals surface area (Å²) in [6, 6.07) is 0. The lowest BCUT2D eigenvalue weighted by atomic mass is 10.0. The molecular formula is C73H130O6. The van der Waals surface area contributed by atoms with Crippen molar-refractivity contribution >= 4 is 17.9 Å². The maximum absolute atomic E-state index is 12.9. The molecule has 0 bridgehead atoms. The largest absolute Gasteiger partial charge is 0.462 e. The van der Waals surface area contributed by atoms with Crippen molar-refractivity contribution in [2.24, 2.45) is 0 Å². The molecule has 0 spiro atoms. The molecule has 0 saturated carbocycles. The first-order valence-corrected chi connectivity index (χ1v) is 34.4. The van der Waals surface area contributed by atoms with Gasteiger partial charge < -0.3 is 14.2 Å². The normalized spacial score (nSPS) is 12.5. The van der Waals surface area contributed by atoms with E-state index in [0.29, 0.717) is 19.3 Å². The Bertz CT molecular complexity index is 1450. The van der Waals surface area contributed by atoms with Gasteiger partial charge in [0.1, 0.15) is 13.2 Å². The minimum atomic E-state index is -0.781. The standard InChI is InChI=1S/C73H130O6/c1-4-7-10-13-16-19-22-24-26-28-30-31-32-33-34-35-36-37-38-39-40-41-43-44-46-48-51-54-57-60-63-66-72(75)78-69-70(68-77-71(74)65-62-59-56-53-50-21-18-15-12-9-6-3)79-73(76)67-64-61-58-55-52-49-47-45-42-29-27-25-23-20-17-14-11-8-5-2/h17,20,22,24-25,27-28,30,32-33,42,45,70H,4-16,18-19,21,23,26,29,31,34-41,43-44,46-69H2,1-3H3/b20-17-,24-22-,27-25-,30-28-,33-32-,45-42-. The zero-order valence-electron chi connectivity index (χ0n) is 52.6. The second-order valence-corrected chi connectivity index (χ2v) is 23.1. The Balaban J connectivity index is 4.18. The number of hydrogen-bond donors (Lipinski definition) is 0. The average molecular weight is 1100 g/mol. The van der Waals surface area contributed by atoms with Crippen molar-refractivity contribution in [2.45, 2.75) is 361 Å². The van der Waals surface area contributed by atoms with Crippen LogP contribution < -0.4 is 0 Å². The molecule has 0 N–H and O–H groups in total. The summed E-state index contributed by atoms with van der Waals surface area (Å²) >= 11 is 0. The summed E-state index contributed by atoms with van der Waals surface area (Å²) in [5, 5.41) is 0. The van der Waals surface area contributed by atoms with E-state index in [9.17, 15) is 14.4 Å². The Kier molecular flexibility index (Phi) is 64.7. The van der Waals surface area contributed by atoms with Crippen molar-refractivity contribution in [3.8, 4) is 0 Å². The highest BCUT2D eigenvalue weighted by atomic mass is 16.6. The highest BCUT2D eigenvalue weighted by molar-refractivity contribution is 5.71. The molecule has 0 aromatic heterocycles. The number of allylic oxidation sites excluding steroid dienone is 12. The Morgan fingerprint density at radius 2 is 0.456 bits per heavy atom. The second kappa shape index (κ2) is 67.4. The number of hydrogen-bond acceptors (Lipinski definition) is 6. The quantitative estimate of drug-likeness (QED) is 0.0261. The van der Waals surface area contributed by atoms with Crippen LogP contribution >= 0.6 is 0 Å². The van der Waals surface area contributed by atoms with Gasteiger partial charge in [-0.05, 0) is 96.3 Å². The molecule has 0 amide bonds. The van der Waals surface area contributed by atoms with Gasteiger partial charge in [-0.3, -0.25) is 14.4 Å². The van der Waals surface area contributed by atoms with Crippen LogP contribution in [0.5, 0.6) is 0 Å². The molecule has 0 aliphatic carbocycles. The molecule has 0 fully saturated rings. The third-order valence-corrected chi connectivity index (χ3v) is 15.2. The second-order valence-electron chi connectivity index (χ2n) is 23.1. The van der Waals surface area contributed by atoms with Crippen LogP contribution in [0.2, 0.25) is 0 Å². The first-order valence-electron chi connectivity index (χ1n) is 34.4.